The van der Waals surface area contributed by atoms with Gasteiger partial charge in [0.25, 0.3) is 11.8 Å². The number of morpholine rings is 1. The van der Waals surface area contributed by atoms with Crippen LogP contribution in [0, 0.1) is 6.92 Å². The zero-order valence-electron chi connectivity index (χ0n) is 17.3. The zero-order chi connectivity index (χ0) is 20.8. The minimum Gasteiger partial charge on any atom is -0.378 e. The maximum Gasteiger partial charge on any atom is 0.274 e. The number of rotatable bonds is 6. The molecule has 0 aliphatic carbocycles. The Kier molecular flexibility index (Phi) is 6.82. The van der Waals surface area contributed by atoms with Crippen molar-refractivity contribution in [3.63, 3.8) is 0 Å². The standard InChI is InChI=1S/C22H28N4O3/c1-4-25(5-2)18-6-7-19(16(3)14-18)24-21(27)20-15-17(8-9-23-20)22(28)26-10-12-29-13-11-26/h6-9,14-15H,4-5,10-13H2,1-3H3,(H,24,27). The van der Waals surface area contributed by atoms with E-state index in [2.05, 4.69) is 35.1 Å². The molecule has 7 heteroatoms. The molecule has 29 heavy (non-hydrogen) atoms. The molecule has 2 heterocycles. The van der Waals surface area contributed by atoms with Crippen molar-refractivity contribution in [2.24, 2.45) is 0 Å². The second-order valence-electron chi connectivity index (χ2n) is 6.96. The number of aromatic nitrogens is 1. The molecule has 0 saturated carbocycles. The Bertz CT molecular complexity index is 874. The van der Waals surface area contributed by atoms with Crippen molar-refractivity contribution in [2.75, 3.05) is 49.6 Å². The Morgan fingerprint density at radius 3 is 2.52 bits per heavy atom. The largest absolute Gasteiger partial charge is 0.378 e. The minimum absolute atomic E-state index is 0.107. The Labute approximate surface area is 171 Å². The first-order chi connectivity index (χ1) is 14.0. The molecule has 0 radical (unpaired) electrons. The highest BCUT2D eigenvalue weighted by atomic mass is 16.5. The number of hydrogen-bond acceptors (Lipinski definition) is 5. The first kappa shape index (κ1) is 20.8. The second-order valence-corrected chi connectivity index (χ2v) is 6.96. The van der Waals surface area contributed by atoms with Gasteiger partial charge in [-0.1, -0.05) is 0 Å². The highest BCUT2D eigenvalue weighted by molar-refractivity contribution is 6.05. The van der Waals surface area contributed by atoms with E-state index in [-0.39, 0.29) is 17.5 Å². The summed E-state index contributed by atoms with van der Waals surface area (Å²) in [7, 11) is 0. The summed E-state index contributed by atoms with van der Waals surface area (Å²) in [5, 5.41) is 2.91. The first-order valence-electron chi connectivity index (χ1n) is 10.0. The summed E-state index contributed by atoms with van der Waals surface area (Å²) in [6.07, 6.45) is 1.50. The lowest BCUT2D eigenvalue weighted by molar-refractivity contribution is 0.0303. The number of nitrogens with one attached hydrogen (secondary N) is 1. The SMILES string of the molecule is CCN(CC)c1ccc(NC(=O)c2cc(C(=O)N3CCOCC3)ccn2)c(C)c1. The van der Waals surface area contributed by atoms with E-state index in [1.807, 2.05) is 19.1 Å². The monoisotopic (exact) mass is 396 g/mol. The average Bonchev–Trinajstić information content (AvgIpc) is 2.76. The summed E-state index contributed by atoms with van der Waals surface area (Å²) in [6.45, 7) is 10.2. The van der Waals surface area contributed by atoms with Crippen LogP contribution in [-0.2, 0) is 4.74 Å². The van der Waals surface area contributed by atoms with E-state index < -0.39 is 0 Å². The van der Waals surface area contributed by atoms with Crippen LogP contribution in [0.3, 0.4) is 0 Å². The van der Waals surface area contributed by atoms with Gasteiger partial charge < -0.3 is 19.9 Å². The van der Waals surface area contributed by atoms with E-state index in [1.165, 1.54) is 6.20 Å². The minimum atomic E-state index is -0.333. The Morgan fingerprint density at radius 1 is 1.14 bits per heavy atom. The molecule has 2 amide bonds. The van der Waals surface area contributed by atoms with E-state index in [9.17, 15) is 9.59 Å². The number of nitrogens with zero attached hydrogens (tertiary/aromatic N) is 3. The summed E-state index contributed by atoms with van der Waals surface area (Å²) in [5.74, 6) is -0.440. The smallest absolute Gasteiger partial charge is 0.274 e. The van der Waals surface area contributed by atoms with Gasteiger partial charge in [0.15, 0.2) is 0 Å². The van der Waals surface area contributed by atoms with Crippen molar-refractivity contribution in [2.45, 2.75) is 20.8 Å². The summed E-state index contributed by atoms with van der Waals surface area (Å²) in [4.78, 5) is 33.5. The van der Waals surface area contributed by atoms with Crippen molar-refractivity contribution in [1.29, 1.82) is 0 Å². The molecule has 1 N–H and O–H groups in total. The number of hydrogen-bond donors (Lipinski definition) is 1. The maximum atomic E-state index is 12.7. The van der Waals surface area contributed by atoms with Crippen LogP contribution in [0.1, 0.15) is 40.3 Å². The van der Waals surface area contributed by atoms with Gasteiger partial charge in [-0.05, 0) is 56.7 Å². The van der Waals surface area contributed by atoms with Crippen LogP contribution in [0.25, 0.3) is 0 Å². The molecule has 0 atom stereocenters. The van der Waals surface area contributed by atoms with Crippen LogP contribution in [0.2, 0.25) is 0 Å². The third-order valence-corrected chi connectivity index (χ3v) is 5.12. The fraction of sp³-hybridized carbons (Fsp3) is 0.409. The third kappa shape index (κ3) is 4.92. The fourth-order valence-corrected chi connectivity index (χ4v) is 3.40. The van der Waals surface area contributed by atoms with Gasteiger partial charge in [-0.3, -0.25) is 14.6 Å². The average molecular weight is 396 g/mol. The molecule has 1 saturated heterocycles. The number of amides is 2. The number of carbonyl (C=O) groups excluding carboxylic acids is 2. The van der Waals surface area contributed by atoms with E-state index in [1.54, 1.807) is 17.0 Å². The molecular formula is C22H28N4O3. The molecule has 0 bridgehead atoms. The number of ether oxygens (including phenoxy) is 1. The number of pyridine rings is 1. The van der Waals surface area contributed by atoms with Crippen LogP contribution in [0.4, 0.5) is 11.4 Å². The summed E-state index contributed by atoms with van der Waals surface area (Å²) in [5.41, 5.74) is 3.51. The molecule has 7 nitrogen and oxygen atoms in total. The molecule has 1 aromatic carbocycles. The van der Waals surface area contributed by atoms with Gasteiger partial charge in [0.2, 0.25) is 0 Å². The third-order valence-electron chi connectivity index (χ3n) is 5.12. The molecule has 0 unspecified atom stereocenters. The molecule has 154 valence electrons. The van der Waals surface area contributed by atoms with Gasteiger partial charge in [0.05, 0.1) is 13.2 Å². The van der Waals surface area contributed by atoms with E-state index >= 15 is 0 Å². The predicted molar refractivity (Wildman–Crippen MR) is 114 cm³/mol. The number of anilines is 2. The molecule has 1 aliphatic rings. The van der Waals surface area contributed by atoms with Crippen LogP contribution >= 0.6 is 0 Å². The van der Waals surface area contributed by atoms with Gasteiger partial charge in [0.1, 0.15) is 5.69 Å². The Hall–Kier alpha value is -2.93. The summed E-state index contributed by atoms with van der Waals surface area (Å²) in [6, 6.07) is 9.16. The van der Waals surface area contributed by atoms with Gasteiger partial charge in [-0.25, -0.2) is 0 Å². The highest BCUT2D eigenvalue weighted by Crippen LogP contribution is 2.23. The molecule has 1 aromatic heterocycles. The summed E-state index contributed by atoms with van der Waals surface area (Å²) >= 11 is 0. The van der Waals surface area contributed by atoms with Gasteiger partial charge in [-0.2, -0.15) is 0 Å². The number of carbonyl (C=O) groups is 2. The normalized spacial score (nSPS) is 13.8. The lowest BCUT2D eigenvalue weighted by atomic mass is 10.1. The maximum absolute atomic E-state index is 12.7. The molecule has 1 fully saturated rings. The van der Waals surface area contributed by atoms with Crippen molar-refractivity contribution in [3.05, 3.63) is 53.3 Å². The lowest BCUT2D eigenvalue weighted by Crippen LogP contribution is -2.40. The molecule has 1 aliphatic heterocycles. The lowest BCUT2D eigenvalue weighted by Gasteiger charge is -2.26. The molecular weight excluding hydrogens is 368 g/mol. The molecule has 0 spiro atoms. The van der Waals surface area contributed by atoms with Crippen molar-refractivity contribution in [3.8, 4) is 0 Å². The van der Waals surface area contributed by atoms with Crippen molar-refractivity contribution >= 4 is 23.2 Å². The number of benzene rings is 1. The van der Waals surface area contributed by atoms with Crippen molar-refractivity contribution < 1.29 is 14.3 Å². The van der Waals surface area contributed by atoms with Crippen molar-refractivity contribution in [1.82, 2.24) is 9.88 Å². The van der Waals surface area contributed by atoms with Crippen LogP contribution in [-0.4, -0.2) is 61.1 Å². The predicted octanol–water partition coefficient (Wildman–Crippen LogP) is 2.96. The molecule has 2 aromatic rings. The number of aryl methyl sites for hydroxylation is 1. The van der Waals surface area contributed by atoms with Crippen LogP contribution in [0.15, 0.2) is 36.5 Å². The summed E-state index contributed by atoms with van der Waals surface area (Å²) < 4.78 is 5.29. The fourth-order valence-electron chi connectivity index (χ4n) is 3.40. The van der Waals surface area contributed by atoms with E-state index in [0.717, 1.165) is 30.0 Å². The van der Waals surface area contributed by atoms with E-state index in [0.29, 0.717) is 31.9 Å². The zero-order valence-corrected chi connectivity index (χ0v) is 17.3. The second kappa shape index (κ2) is 9.52. The highest BCUT2D eigenvalue weighted by Gasteiger charge is 2.20. The quantitative estimate of drug-likeness (QED) is 0.813. The van der Waals surface area contributed by atoms with Gasteiger partial charge >= 0.3 is 0 Å². The Balaban J connectivity index is 1.73. The van der Waals surface area contributed by atoms with Crippen LogP contribution in [0.5, 0.6) is 0 Å². The van der Waals surface area contributed by atoms with Crippen LogP contribution < -0.4 is 10.2 Å². The topological polar surface area (TPSA) is 74.8 Å². The Morgan fingerprint density at radius 2 is 1.86 bits per heavy atom. The van der Waals surface area contributed by atoms with Gasteiger partial charge in [0, 0.05) is 49.3 Å². The molecule has 3 rings (SSSR count). The van der Waals surface area contributed by atoms with Gasteiger partial charge in [-0.15, -0.1) is 0 Å². The first-order valence-corrected chi connectivity index (χ1v) is 10.0. The van der Waals surface area contributed by atoms with E-state index in [4.69, 9.17) is 4.74 Å².